The zero-order valence-electron chi connectivity index (χ0n) is 10.1. The molecule has 19 heavy (non-hydrogen) atoms. The number of rotatable bonds is 4. The van der Waals surface area contributed by atoms with Crippen molar-refractivity contribution in [3.8, 4) is 0 Å². The maximum atomic E-state index is 11.9. The Morgan fingerprint density at radius 3 is 2.47 bits per heavy atom. The third-order valence-corrected chi connectivity index (χ3v) is 3.26. The van der Waals surface area contributed by atoms with Crippen molar-refractivity contribution >= 4 is 29.1 Å². The van der Waals surface area contributed by atoms with E-state index in [4.69, 9.17) is 23.2 Å². The molecule has 1 aromatic carbocycles. The minimum absolute atomic E-state index is 0.214. The second kappa shape index (κ2) is 6.55. The van der Waals surface area contributed by atoms with Crippen LogP contribution in [0.15, 0.2) is 42.7 Å². The van der Waals surface area contributed by atoms with Gasteiger partial charge in [-0.1, -0.05) is 35.9 Å². The van der Waals surface area contributed by atoms with E-state index >= 15 is 0 Å². The summed E-state index contributed by atoms with van der Waals surface area (Å²) in [6.45, 7) is 0.444. The third kappa shape index (κ3) is 3.69. The predicted molar refractivity (Wildman–Crippen MR) is 76.4 cm³/mol. The summed E-state index contributed by atoms with van der Waals surface area (Å²) in [5, 5.41) is 3.15. The van der Waals surface area contributed by atoms with Gasteiger partial charge in [0, 0.05) is 24.8 Å². The van der Waals surface area contributed by atoms with Gasteiger partial charge in [0.2, 0.25) is 0 Å². The normalized spacial score (nSPS) is 10.2. The molecule has 0 saturated heterocycles. The van der Waals surface area contributed by atoms with Crippen molar-refractivity contribution in [2.75, 3.05) is 0 Å². The largest absolute Gasteiger partial charge is 0.348 e. The highest BCUT2D eigenvalue weighted by molar-refractivity contribution is 6.33. The molecule has 1 N–H and O–H groups in total. The van der Waals surface area contributed by atoms with Crippen molar-refractivity contribution < 1.29 is 4.79 Å². The molecule has 98 valence electrons. The van der Waals surface area contributed by atoms with Crippen LogP contribution in [0, 0.1) is 0 Å². The number of nitrogens with zero attached hydrogens (tertiary/aromatic N) is 1. The van der Waals surface area contributed by atoms with E-state index in [1.165, 1.54) is 12.4 Å². The number of carbonyl (C=O) groups is 1. The number of benzene rings is 1. The molecular formula is C14H12Cl2N2O. The standard InChI is InChI=1S/C14H12Cl2N2O/c15-7-10-1-3-11(4-2-10)8-18-14(19)12-5-6-17-9-13(12)16/h1-6,9H,7-8H2,(H,18,19). The van der Waals surface area contributed by atoms with Crippen LogP contribution in [0.2, 0.25) is 5.02 Å². The number of halogens is 2. The molecule has 3 nitrogen and oxygen atoms in total. The van der Waals surface area contributed by atoms with E-state index in [0.29, 0.717) is 23.0 Å². The molecule has 0 aliphatic carbocycles. The van der Waals surface area contributed by atoms with Gasteiger partial charge >= 0.3 is 0 Å². The first-order valence-corrected chi connectivity index (χ1v) is 6.63. The quantitative estimate of drug-likeness (QED) is 0.878. The molecule has 0 bridgehead atoms. The highest BCUT2D eigenvalue weighted by Crippen LogP contribution is 2.13. The Hall–Kier alpha value is -1.58. The first-order valence-electron chi connectivity index (χ1n) is 5.72. The number of nitrogens with one attached hydrogen (secondary N) is 1. The van der Waals surface area contributed by atoms with Gasteiger partial charge < -0.3 is 5.32 Å². The van der Waals surface area contributed by atoms with E-state index < -0.39 is 0 Å². The number of alkyl halides is 1. The van der Waals surface area contributed by atoms with Crippen LogP contribution in [-0.2, 0) is 12.4 Å². The summed E-state index contributed by atoms with van der Waals surface area (Å²) in [5.41, 5.74) is 2.48. The molecule has 5 heteroatoms. The van der Waals surface area contributed by atoms with Crippen molar-refractivity contribution in [2.45, 2.75) is 12.4 Å². The maximum absolute atomic E-state index is 11.9. The van der Waals surface area contributed by atoms with Crippen LogP contribution < -0.4 is 5.32 Å². The number of hydrogen-bond donors (Lipinski definition) is 1. The lowest BCUT2D eigenvalue weighted by molar-refractivity contribution is 0.0951. The monoisotopic (exact) mass is 294 g/mol. The Morgan fingerprint density at radius 2 is 1.84 bits per heavy atom. The topological polar surface area (TPSA) is 42.0 Å². The van der Waals surface area contributed by atoms with Gasteiger partial charge in [-0.2, -0.15) is 0 Å². The lowest BCUT2D eigenvalue weighted by Gasteiger charge is -2.07. The summed E-state index contributed by atoms with van der Waals surface area (Å²) >= 11 is 11.6. The summed E-state index contributed by atoms with van der Waals surface area (Å²) in [5.74, 6) is 0.271. The van der Waals surface area contributed by atoms with Gasteiger partial charge in [-0.05, 0) is 17.2 Å². The average molecular weight is 295 g/mol. The molecule has 0 saturated carbocycles. The van der Waals surface area contributed by atoms with E-state index in [-0.39, 0.29) is 5.91 Å². The van der Waals surface area contributed by atoms with E-state index in [9.17, 15) is 4.79 Å². The molecule has 0 aliphatic heterocycles. The van der Waals surface area contributed by atoms with Crippen LogP contribution in [-0.4, -0.2) is 10.9 Å². The summed E-state index contributed by atoms with van der Waals surface area (Å²) in [7, 11) is 0. The minimum atomic E-state index is -0.214. The fourth-order valence-electron chi connectivity index (χ4n) is 1.58. The third-order valence-electron chi connectivity index (χ3n) is 2.65. The molecule has 1 aromatic heterocycles. The highest BCUT2D eigenvalue weighted by Gasteiger charge is 2.09. The highest BCUT2D eigenvalue weighted by atomic mass is 35.5. The Balaban J connectivity index is 1.98. The summed E-state index contributed by atoms with van der Waals surface area (Å²) < 4.78 is 0. The van der Waals surface area contributed by atoms with Crippen molar-refractivity contribution in [2.24, 2.45) is 0 Å². The fraction of sp³-hybridized carbons (Fsp3) is 0.143. The molecule has 1 heterocycles. The average Bonchev–Trinajstić information content (AvgIpc) is 2.46. The van der Waals surface area contributed by atoms with Crippen molar-refractivity contribution in [3.05, 3.63) is 64.4 Å². The van der Waals surface area contributed by atoms with Crippen LogP contribution >= 0.6 is 23.2 Å². The van der Waals surface area contributed by atoms with Crippen molar-refractivity contribution in [1.82, 2.24) is 10.3 Å². The fourth-order valence-corrected chi connectivity index (χ4v) is 1.97. The molecule has 0 fully saturated rings. The Bertz CT molecular complexity index is 570. The van der Waals surface area contributed by atoms with E-state index in [1.54, 1.807) is 6.07 Å². The van der Waals surface area contributed by atoms with E-state index in [2.05, 4.69) is 10.3 Å². The Kier molecular flexibility index (Phi) is 4.77. The molecule has 1 amide bonds. The molecule has 0 radical (unpaired) electrons. The van der Waals surface area contributed by atoms with Crippen molar-refractivity contribution in [3.63, 3.8) is 0 Å². The minimum Gasteiger partial charge on any atom is -0.348 e. The van der Waals surface area contributed by atoms with Gasteiger partial charge in [0.05, 0.1) is 10.6 Å². The number of amides is 1. The van der Waals surface area contributed by atoms with Crippen LogP contribution in [0.4, 0.5) is 0 Å². The zero-order chi connectivity index (χ0) is 13.7. The van der Waals surface area contributed by atoms with Crippen LogP contribution in [0.1, 0.15) is 21.5 Å². The van der Waals surface area contributed by atoms with Gasteiger partial charge in [-0.25, -0.2) is 0 Å². The molecule has 0 atom stereocenters. The summed E-state index contributed by atoms with van der Waals surface area (Å²) in [6, 6.07) is 9.34. The van der Waals surface area contributed by atoms with Gasteiger partial charge in [0.1, 0.15) is 0 Å². The summed E-state index contributed by atoms with van der Waals surface area (Å²) in [6.07, 6.45) is 2.99. The smallest absolute Gasteiger partial charge is 0.253 e. The Labute approximate surface area is 121 Å². The molecule has 0 spiro atoms. The van der Waals surface area contributed by atoms with Gasteiger partial charge in [-0.3, -0.25) is 9.78 Å². The van der Waals surface area contributed by atoms with Crippen LogP contribution in [0.25, 0.3) is 0 Å². The number of carbonyl (C=O) groups excluding carboxylic acids is 1. The lowest BCUT2D eigenvalue weighted by Crippen LogP contribution is -2.23. The second-order valence-corrected chi connectivity index (χ2v) is 4.66. The van der Waals surface area contributed by atoms with Crippen LogP contribution in [0.3, 0.4) is 0 Å². The van der Waals surface area contributed by atoms with Gasteiger partial charge in [0.15, 0.2) is 0 Å². The Morgan fingerprint density at radius 1 is 1.16 bits per heavy atom. The van der Waals surface area contributed by atoms with Crippen LogP contribution in [0.5, 0.6) is 0 Å². The van der Waals surface area contributed by atoms with Gasteiger partial charge in [-0.15, -0.1) is 11.6 Å². The maximum Gasteiger partial charge on any atom is 0.253 e. The number of aromatic nitrogens is 1. The first-order chi connectivity index (χ1) is 9.20. The SMILES string of the molecule is O=C(NCc1ccc(CCl)cc1)c1ccncc1Cl. The molecule has 0 unspecified atom stereocenters. The van der Waals surface area contributed by atoms with E-state index in [1.807, 2.05) is 24.3 Å². The second-order valence-electron chi connectivity index (χ2n) is 3.99. The molecule has 2 rings (SSSR count). The van der Waals surface area contributed by atoms with Gasteiger partial charge in [0.25, 0.3) is 5.91 Å². The predicted octanol–water partition coefficient (Wildman–Crippen LogP) is 3.40. The lowest BCUT2D eigenvalue weighted by atomic mass is 10.1. The number of hydrogen-bond acceptors (Lipinski definition) is 2. The zero-order valence-corrected chi connectivity index (χ0v) is 11.6. The first kappa shape index (κ1) is 13.8. The summed E-state index contributed by atoms with van der Waals surface area (Å²) in [4.78, 5) is 15.8. The van der Waals surface area contributed by atoms with Crippen molar-refractivity contribution in [1.29, 1.82) is 0 Å². The van der Waals surface area contributed by atoms with E-state index in [0.717, 1.165) is 11.1 Å². The molecule has 2 aromatic rings. The molecular weight excluding hydrogens is 283 g/mol. The molecule has 0 aliphatic rings. The number of pyridine rings is 1.